The van der Waals surface area contributed by atoms with Crippen molar-refractivity contribution in [1.29, 1.82) is 0 Å². The second-order valence-corrected chi connectivity index (χ2v) is 10.3. The van der Waals surface area contributed by atoms with Crippen LogP contribution >= 0.6 is 0 Å². The summed E-state index contributed by atoms with van der Waals surface area (Å²) in [5.74, 6) is 0. The van der Waals surface area contributed by atoms with Gasteiger partial charge in [0, 0.05) is 45.0 Å². The highest BCUT2D eigenvalue weighted by Crippen LogP contribution is 2.46. The van der Waals surface area contributed by atoms with Crippen molar-refractivity contribution in [2.75, 3.05) is 4.90 Å². The number of hydrogen-bond donors (Lipinski definition) is 0. The molecule has 0 unspecified atom stereocenters. The van der Waals surface area contributed by atoms with Gasteiger partial charge in [-0.1, -0.05) is 66.7 Å². The monoisotopic (exact) mass is 527 g/mol. The van der Waals surface area contributed by atoms with Gasteiger partial charge in [-0.25, -0.2) is 4.98 Å². The van der Waals surface area contributed by atoms with Gasteiger partial charge in [-0.15, -0.1) is 0 Å². The Bertz CT molecular complexity index is 2450. The summed E-state index contributed by atoms with van der Waals surface area (Å²) in [6.07, 6.45) is 5.54. The Labute approximate surface area is 233 Å². The molecule has 9 aromatic rings. The molecule has 0 saturated carbocycles. The zero-order valence-electron chi connectivity index (χ0n) is 21.8. The first kappa shape index (κ1) is 22.2. The van der Waals surface area contributed by atoms with Crippen molar-refractivity contribution in [3.63, 3.8) is 0 Å². The molecule has 0 bridgehead atoms. The van der Waals surface area contributed by atoms with Gasteiger partial charge in [0.05, 0.1) is 11.9 Å². The van der Waals surface area contributed by atoms with Crippen molar-refractivity contribution in [2.24, 2.45) is 0 Å². The first-order chi connectivity index (χ1) is 20.3. The largest absolute Gasteiger partial charge is 0.454 e. The van der Waals surface area contributed by atoms with E-state index in [2.05, 4.69) is 88.7 Å². The van der Waals surface area contributed by atoms with Crippen LogP contribution in [0.25, 0.3) is 65.6 Å². The molecule has 0 spiro atoms. The van der Waals surface area contributed by atoms with Crippen LogP contribution in [0.3, 0.4) is 0 Å². The number of nitrogens with zero attached hydrogens (tertiary/aromatic N) is 3. The number of hydrogen-bond acceptors (Lipinski definition) is 5. The molecule has 0 radical (unpaired) electrons. The lowest BCUT2D eigenvalue weighted by molar-refractivity contribution is 0.654. The van der Waals surface area contributed by atoms with E-state index in [1.54, 1.807) is 6.20 Å². The van der Waals surface area contributed by atoms with Crippen molar-refractivity contribution < 1.29 is 8.83 Å². The molecule has 4 heterocycles. The maximum Gasteiger partial charge on any atom is 0.227 e. The van der Waals surface area contributed by atoms with Crippen LogP contribution in [0.5, 0.6) is 0 Å². The van der Waals surface area contributed by atoms with Gasteiger partial charge in [-0.05, 0) is 58.6 Å². The maximum absolute atomic E-state index is 6.54. The summed E-state index contributed by atoms with van der Waals surface area (Å²) in [4.78, 5) is 11.4. The number of para-hydroxylation sites is 1. The molecule has 5 aromatic carbocycles. The van der Waals surface area contributed by atoms with Crippen molar-refractivity contribution in [3.05, 3.63) is 128 Å². The molecular weight excluding hydrogens is 506 g/mol. The fourth-order valence-corrected chi connectivity index (χ4v) is 6.15. The van der Waals surface area contributed by atoms with E-state index in [0.29, 0.717) is 5.71 Å². The summed E-state index contributed by atoms with van der Waals surface area (Å²) in [6, 6.07) is 37.8. The molecular formula is C36H21N3O2. The van der Waals surface area contributed by atoms with Crippen LogP contribution in [0, 0.1) is 0 Å². The third-order valence-electron chi connectivity index (χ3n) is 7.98. The van der Waals surface area contributed by atoms with Gasteiger partial charge in [0.25, 0.3) is 0 Å². The molecule has 9 rings (SSSR count). The average molecular weight is 528 g/mol. The van der Waals surface area contributed by atoms with Crippen LogP contribution in [0.2, 0.25) is 0 Å². The number of rotatable bonds is 3. The number of anilines is 3. The zero-order chi connectivity index (χ0) is 26.9. The number of benzene rings is 5. The molecule has 0 N–H and O–H groups in total. The maximum atomic E-state index is 6.54. The molecule has 5 nitrogen and oxygen atoms in total. The summed E-state index contributed by atoms with van der Waals surface area (Å²) in [5.41, 5.74) is 5.93. The summed E-state index contributed by atoms with van der Waals surface area (Å²) < 4.78 is 12.6. The van der Waals surface area contributed by atoms with E-state index in [9.17, 15) is 0 Å². The summed E-state index contributed by atoms with van der Waals surface area (Å²) in [5, 5.41) is 8.71. The van der Waals surface area contributed by atoms with Crippen LogP contribution in [0.15, 0.2) is 137 Å². The molecule has 0 fully saturated rings. The highest BCUT2D eigenvalue weighted by atomic mass is 16.3. The van der Waals surface area contributed by atoms with Crippen LogP contribution in [-0.2, 0) is 0 Å². The molecule has 41 heavy (non-hydrogen) atoms. The van der Waals surface area contributed by atoms with Crippen LogP contribution in [0.4, 0.5) is 17.1 Å². The Morgan fingerprint density at radius 3 is 2.20 bits per heavy atom. The van der Waals surface area contributed by atoms with Crippen LogP contribution in [0.1, 0.15) is 0 Å². The van der Waals surface area contributed by atoms with Crippen molar-refractivity contribution in [3.8, 4) is 0 Å². The van der Waals surface area contributed by atoms with E-state index in [-0.39, 0.29) is 0 Å². The Kier molecular flexibility index (Phi) is 4.55. The van der Waals surface area contributed by atoms with Gasteiger partial charge in [-0.2, -0.15) is 0 Å². The molecule has 0 amide bonds. The predicted molar refractivity (Wildman–Crippen MR) is 166 cm³/mol. The van der Waals surface area contributed by atoms with E-state index in [4.69, 9.17) is 13.8 Å². The standard InChI is InChI=1S/C36H21N3O2/c1-2-9-24-22(8-1)18-31(26-11-4-3-10-25(24)26)39(23-15-16-34-29(19-23)28-13-7-17-38-36(28)41-34)32-21-37-20-30-27-12-5-6-14-33(27)40-35(30)32/h1-21H. The molecule has 0 aliphatic heterocycles. The van der Waals surface area contributed by atoms with E-state index in [1.807, 2.05) is 42.7 Å². The minimum Gasteiger partial charge on any atom is -0.454 e. The minimum absolute atomic E-state index is 0.628. The fraction of sp³-hybridized carbons (Fsp3) is 0. The van der Waals surface area contributed by atoms with Gasteiger partial charge in [0.2, 0.25) is 5.71 Å². The SMILES string of the molecule is c1ccc2c(c1)cc(N(c1ccc3oc4ncccc4c3c1)c1cncc3c1oc1ccccc13)c1ccccc12. The third-order valence-corrected chi connectivity index (χ3v) is 7.98. The third kappa shape index (κ3) is 3.23. The highest BCUT2D eigenvalue weighted by molar-refractivity contribution is 6.17. The van der Waals surface area contributed by atoms with Crippen molar-refractivity contribution in [1.82, 2.24) is 9.97 Å². The number of pyridine rings is 2. The molecule has 0 aliphatic carbocycles. The topological polar surface area (TPSA) is 55.3 Å². The first-order valence-electron chi connectivity index (χ1n) is 13.6. The van der Waals surface area contributed by atoms with E-state index in [0.717, 1.165) is 66.1 Å². The zero-order valence-corrected chi connectivity index (χ0v) is 21.8. The highest BCUT2D eigenvalue weighted by Gasteiger charge is 2.23. The first-order valence-corrected chi connectivity index (χ1v) is 13.6. The number of aromatic nitrogens is 2. The van der Waals surface area contributed by atoms with Crippen LogP contribution in [-0.4, -0.2) is 9.97 Å². The predicted octanol–water partition coefficient (Wildman–Crippen LogP) is 10.1. The van der Waals surface area contributed by atoms with Gasteiger partial charge in [0.1, 0.15) is 16.9 Å². The quantitative estimate of drug-likeness (QED) is 0.214. The van der Waals surface area contributed by atoms with Gasteiger partial charge in [0.15, 0.2) is 5.58 Å². The molecule has 0 aliphatic rings. The van der Waals surface area contributed by atoms with Crippen molar-refractivity contribution >= 4 is 82.6 Å². The Hall–Kier alpha value is -5.68. The smallest absolute Gasteiger partial charge is 0.227 e. The lowest BCUT2D eigenvalue weighted by atomic mass is 9.99. The second kappa shape index (κ2) is 8.41. The Morgan fingerprint density at radius 2 is 1.27 bits per heavy atom. The molecule has 192 valence electrons. The number of fused-ring (bicyclic) bond motifs is 9. The second-order valence-electron chi connectivity index (χ2n) is 10.3. The van der Waals surface area contributed by atoms with Crippen molar-refractivity contribution in [2.45, 2.75) is 0 Å². The fourth-order valence-electron chi connectivity index (χ4n) is 6.15. The summed E-state index contributed by atoms with van der Waals surface area (Å²) in [7, 11) is 0. The Balaban J connectivity index is 1.42. The lowest BCUT2D eigenvalue weighted by Crippen LogP contribution is -2.11. The molecule has 4 aromatic heterocycles. The minimum atomic E-state index is 0.628. The van der Waals surface area contributed by atoms with Crippen LogP contribution < -0.4 is 4.90 Å². The summed E-state index contributed by atoms with van der Waals surface area (Å²) >= 11 is 0. The van der Waals surface area contributed by atoms with Gasteiger partial charge < -0.3 is 13.7 Å². The van der Waals surface area contributed by atoms with Gasteiger partial charge in [-0.3, -0.25) is 4.98 Å². The summed E-state index contributed by atoms with van der Waals surface area (Å²) in [6.45, 7) is 0. The molecule has 5 heteroatoms. The van der Waals surface area contributed by atoms with Gasteiger partial charge >= 0.3 is 0 Å². The van der Waals surface area contributed by atoms with E-state index < -0.39 is 0 Å². The normalized spacial score (nSPS) is 11.9. The Morgan fingerprint density at radius 1 is 0.512 bits per heavy atom. The van der Waals surface area contributed by atoms with E-state index >= 15 is 0 Å². The molecule has 0 atom stereocenters. The number of furan rings is 2. The lowest BCUT2D eigenvalue weighted by Gasteiger charge is -2.27. The average Bonchev–Trinajstić information content (AvgIpc) is 3.60. The van der Waals surface area contributed by atoms with E-state index in [1.165, 1.54) is 10.8 Å². The molecule has 0 saturated heterocycles.